The summed E-state index contributed by atoms with van der Waals surface area (Å²) in [7, 11) is 0. The highest BCUT2D eigenvalue weighted by Gasteiger charge is 2.25. The highest BCUT2D eigenvalue weighted by atomic mass is 19.1. The van der Waals surface area contributed by atoms with Crippen LogP contribution >= 0.6 is 0 Å². The maximum absolute atomic E-state index is 13.4. The van der Waals surface area contributed by atoms with Crippen molar-refractivity contribution >= 4 is 16.9 Å². The van der Waals surface area contributed by atoms with Gasteiger partial charge < -0.3 is 14.3 Å². The molecular formula is C26H28FN3O2. The topological polar surface area (TPSA) is 60.1 Å². The lowest BCUT2D eigenvalue weighted by atomic mass is 10.1. The molecule has 0 aliphatic carbocycles. The molecule has 0 spiro atoms. The Kier molecular flexibility index (Phi) is 6.40. The average molecular weight is 434 g/mol. The van der Waals surface area contributed by atoms with Crippen LogP contribution in [0, 0.1) is 19.7 Å². The summed E-state index contributed by atoms with van der Waals surface area (Å²) in [6.45, 7) is 6.54. The van der Waals surface area contributed by atoms with Gasteiger partial charge in [0.15, 0.2) is 0 Å². The number of imidazole rings is 1. The Morgan fingerprint density at radius 1 is 1.16 bits per heavy atom. The monoisotopic (exact) mass is 433 g/mol. The molecule has 2 aromatic heterocycles. The van der Waals surface area contributed by atoms with E-state index in [1.54, 1.807) is 24.5 Å². The van der Waals surface area contributed by atoms with Crippen molar-refractivity contribution in [3.63, 3.8) is 0 Å². The molecule has 1 atom stereocenters. The summed E-state index contributed by atoms with van der Waals surface area (Å²) in [6.07, 6.45) is 3.64. The van der Waals surface area contributed by atoms with Crippen molar-refractivity contribution in [2.45, 2.75) is 52.6 Å². The van der Waals surface area contributed by atoms with Crippen molar-refractivity contribution < 1.29 is 13.6 Å². The van der Waals surface area contributed by atoms with Gasteiger partial charge in [0.1, 0.15) is 23.4 Å². The molecule has 0 fully saturated rings. The highest BCUT2D eigenvalue weighted by Crippen LogP contribution is 2.28. The smallest absolute Gasteiger partial charge is 0.243 e. The number of furan rings is 1. The van der Waals surface area contributed by atoms with Crippen LogP contribution < -0.4 is 5.32 Å². The number of fused-ring (bicyclic) bond motifs is 1. The van der Waals surface area contributed by atoms with E-state index in [0.29, 0.717) is 25.1 Å². The number of aryl methyl sites for hydroxylation is 2. The summed E-state index contributed by atoms with van der Waals surface area (Å²) in [5, 5.41) is 3.02. The highest BCUT2D eigenvalue weighted by molar-refractivity contribution is 5.85. The Labute approximate surface area is 187 Å². The van der Waals surface area contributed by atoms with Crippen LogP contribution in [0.25, 0.3) is 11.0 Å². The predicted molar refractivity (Wildman–Crippen MR) is 123 cm³/mol. The Morgan fingerprint density at radius 2 is 1.91 bits per heavy atom. The quantitative estimate of drug-likeness (QED) is 0.392. The van der Waals surface area contributed by atoms with Crippen LogP contribution in [0.5, 0.6) is 0 Å². The number of nitrogens with zero attached hydrogens (tertiary/aromatic N) is 2. The molecule has 4 aromatic rings. The Hall–Kier alpha value is -3.41. The lowest BCUT2D eigenvalue weighted by molar-refractivity contribution is -0.124. The molecule has 4 rings (SSSR count). The minimum absolute atomic E-state index is 0.0684. The standard InChI is InChI=1S/C26H28FN3O2/c1-4-6-23(26(31)28-16-21-7-5-12-32-21)30-24-14-18(3)17(2)13-22(24)29-25(30)15-19-8-10-20(27)11-9-19/h5,7-14,23H,4,6,15-16H2,1-3H3,(H,28,31)/t23-/m0/s1. The second-order valence-electron chi connectivity index (χ2n) is 8.23. The third-order valence-electron chi connectivity index (χ3n) is 5.85. The normalized spacial score (nSPS) is 12.2. The molecule has 6 heteroatoms. The van der Waals surface area contributed by atoms with Crippen LogP contribution in [0.2, 0.25) is 0 Å². The van der Waals surface area contributed by atoms with Gasteiger partial charge in [-0.3, -0.25) is 4.79 Å². The molecule has 0 aliphatic heterocycles. The number of rotatable bonds is 8. The van der Waals surface area contributed by atoms with Gasteiger partial charge in [-0.05, 0) is 73.4 Å². The van der Waals surface area contributed by atoms with Gasteiger partial charge in [-0.25, -0.2) is 9.37 Å². The molecule has 0 radical (unpaired) electrons. The zero-order valence-electron chi connectivity index (χ0n) is 18.7. The van der Waals surface area contributed by atoms with Gasteiger partial charge in [0, 0.05) is 6.42 Å². The Bertz CT molecular complexity index is 1210. The first kappa shape index (κ1) is 21.8. The fraction of sp³-hybridized carbons (Fsp3) is 0.308. The van der Waals surface area contributed by atoms with E-state index < -0.39 is 6.04 Å². The number of hydrogen-bond acceptors (Lipinski definition) is 3. The molecule has 5 nitrogen and oxygen atoms in total. The maximum atomic E-state index is 13.4. The minimum atomic E-state index is -0.405. The number of aromatic nitrogens is 2. The fourth-order valence-electron chi connectivity index (χ4n) is 4.01. The predicted octanol–water partition coefficient (Wildman–Crippen LogP) is 5.63. The third-order valence-corrected chi connectivity index (χ3v) is 5.85. The largest absolute Gasteiger partial charge is 0.467 e. The lowest BCUT2D eigenvalue weighted by Crippen LogP contribution is -2.33. The van der Waals surface area contributed by atoms with E-state index in [-0.39, 0.29) is 11.7 Å². The number of benzene rings is 2. The summed E-state index contributed by atoms with van der Waals surface area (Å²) in [5.41, 5.74) is 5.06. The number of amides is 1. The number of nitrogens with one attached hydrogen (secondary N) is 1. The Balaban J connectivity index is 1.75. The SMILES string of the molecule is CCC[C@@H](C(=O)NCc1ccco1)n1c(Cc2ccc(F)cc2)nc2cc(C)c(C)cc21. The van der Waals surface area contributed by atoms with E-state index in [4.69, 9.17) is 9.40 Å². The number of carbonyl (C=O) groups is 1. The van der Waals surface area contributed by atoms with Crippen molar-refractivity contribution in [2.24, 2.45) is 0 Å². The van der Waals surface area contributed by atoms with Gasteiger partial charge in [0.05, 0.1) is 23.8 Å². The van der Waals surface area contributed by atoms with E-state index >= 15 is 0 Å². The first-order chi connectivity index (χ1) is 15.5. The zero-order chi connectivity index (χ0) is 22.7. The molecule has 32 heavy (non-hydrogen) atoms. The molecule has 0 saturated heterocycles. The first-order valence-electron chi connectivity index (χ1n) is 11.0. The average Bonchev–Trinajstić information content (AvgIpc) is 3.40. The molecule has 2 heterocycles. The maximum Gasteiger partial charge on any atom is 0.243 e. The van der Waals surface area contributed by atoms with Crippen LogP contribution in [-0.2, 0) is 17.8 Å². The van der Waals surface area contributed by atoms with E-state index in [0.717, 1.165) is 40.0 Å². The first-order valence-corrected chi connectivity index (χ1v) is 11.0. The molecular weight excluding hydrogens is 405 g/mol. The molecule has 166 valence electrons. The van der Waals surface area contributed by atoms with Crippen molar-refractivity contribution in [2.75, 3.05) is 0 Å². The van der Waals surface area contributed by atoms with Crippen molar-refractivity contribution in [1.82, 2.24) is 14.9 Å². The fourth-order valence-corrected chi connectivity index (χ4v) is 4.01. The van der Waals surface area contributed by atoms with Crippen molar-refractivity contribution in [3.8, 4) is 0 Å². The van der Waals surface area contributed by atoms with Gasteiger partial charge in [-0.2, -0.15) is 0 Å². The van der Waals surface area contributed by atoms with E-state index in [1.807, 2.05) is 6.07 Å². The number of halogens is 1. The van der Waals surface area contributed by atoms with Crippen molar-refractivity contribution in [1.29, 1.82) is 0 Å². The van der Waals surface area contributed by atoms with Gasteiger partial charge in [-0.1, -0.05) is 25.5 Å². The number of hydrogen-bond donors (Lipinski definition) is 1. The van der Waals surface area contributed by atoms with Crippen molar-refractivity contribution in [3.05, 3.63) is 88.9 Å². The van der Waals surface area contributed by atoms with E-state index in [9.17, 15) is 9.18 Å². The summed E-state index contributed by atoms with van der Waals surface area (Å²) in [4.78, 5) is 18.2. The molecule has 0 aliphatic rings. The second-order valence-corrected chi connectivity index (χ2v) is 8.23. The summed E-state index contributed by atoms with van der Waals surface area (Å²) >= 11 is 0. The molecule has 0 bridgehead atoms. The summed E-state index contributed by atoms with van der Waals surface area (Å²) in [6, 6.07) is 13.9. The van der Waals surface area contributed by atoms with E-state index in [1.165, 1.54) is 12.1 Å². The van der Waals surface area contributed by atoms with Crippen LogP contribution in [0.15, 0.2) is 59.2 Å². The van der Waals surface area contributed by atoms with Gasteiger partial charge in [0.2, 0.25) is 5.91 Å². The Morgan fingerprint density at radius 3 is 2.59 bits per heavy atom. The van der Waals surface area contributed by atoms with Crippen LogP contribution in [0.4, 0.5) is 4.39 Å². The summed E-state index contributed by atoms with van der Waals surface area (Å²) < 4.78 is 20.8. The molecule has 2 aromatic carbocycles. The van der Waals surface area contributed by atoms with Gasteiger partial charge >= 0.3 is 0 Å². The molecule has 1 amide bonds. The minimum Gasteiger partial charge on any atom is -0.467 e. The second kappa shape index (κ2) is 9.39. The number of carbonyl (C=O) groups excluding carboxylic acids is 1. The van der Waals surface area contributed by atoms with Crippen LogP contribution in [0.1, 0.15) is 54.1 Å². The summed E-state index contributed by atoms with van der Waals surface area (Å²) in [5.74, 6) is 1.17. The van der Waals surface area contributed by atoms with Crippen LogP contribution in [-0.4, -0.2) is 15.5 Å². The third kappa shape index (κ3) is 4.59. The lowest BCUT2D eigenvalue weighted by Gasteiger charge is -2.21. The molecule has 0 saturated carbocycles. The molecule has 1 N–H and O–H groups in total. The van der Waals surface area contributed by atoms with Crippen LogP contribution in [0.3, 0.4) is 0 Å². The van der Waals surface area contributed by atoms with Gasteiger partial charge in [0.25, 0.3) is 0 Å². The zero-order valence-corrected chi connectivity index (χ0v) is 18.7. The molecule has 0 unspecified atom stereocenters. The van der Waals surface area contributed by atoms with E-state index in [2.05, 4.69) is 42.8 Å². The van der Waals surface area contributed by atoms with Gasteiger partial charge in [-0.15, -0.1) is 0 Å².